The van der Waals surface area contributed by atoms with E-state index in [2.05, 4.69) is 19.9 Å². The first-order valence-electron chi connectivity index (χ1n) is 16.5. The minimum absolute atomic E-state index is 0.0187. The molecule has 0 radical (unpaired) electrons. The lowest BCUT2D eigenvalue weighted by Crippen LogP contribution is -2.54. The number of phenolic OH excluding ortho intramolecular Hbond substituents is 1. The number of ketones is 1. The van der Waals surface area contributed by atoms with Crippen LogP contribution < -0.4 is 9.47 Å². The molecule has 254 valence electrons. The molecule has 47 heavy (non-hydrogen) atoms. The standard InChI is InChI=1S/C39H50O8/c1-23(2)11-10-18-38(8)20-17-27-32(41)31-33(42)29-21-26(22-40)16-19-37(6,7)45-30(15-13-25(5)36(43)44)39(29,9)47-35(31)28(34(27)46-38)14-12-24(3)4/h11-13,17,20-22,26,30,41H,10,14-16,18-19H2,1-9H3,(H,43,44)/b25-13-,29-21-/t26?,30-,38-,39?/m1/s1. The van der Waals surface area contributed by atoms with E-state index in [1.165, 1.54) is 12.5 Å². The number of benzene rings is 1. The number of carbonyl (C=O) groups is 3. The van der Waals surface area contributed by atoms with E-state index in [-0.39, 0.29) is 34.6 Å². The Hall–Kier alpha value is -3.91. The quantitative estimate of drug-likeness (QED) is 0.156. The van der Waals surface area contributed by atoms with E-state index in [0.29, 0.717) is 42.6 Å². The fourth-order valence-electron chi connectivity index (χ4n) is 6.39. The van der Waals surface area contributed by atoms with Crippen molar-refractivity contribution in [3.63, 3.8) is 0 Å². The summed E-state index contributed by atoms with van der Waals surface area (Å²) >= 11 is 0. The summed E-state index contributed by atoms with van der Waals surface area (Å²) < 4.78 is 20.4. The van der Waals surface area contributed by atoms with E-state index in [4.69, 9.17) is 14.2 Å². The molecule has 3 aliphatic rings. The molecule has 0 aromatic heterocycles. The monoisotopic (exact) mass is 646 g/mol. The number of rotatable bonds is 9. The van der Waals surface area contributed by atoms with Gasteiger partial charge in [-0.25, -0.2) is 4.79 Å². The van der Waals surface area contributed by atoms with Gasteiger partial charge >= 0.3 is 5.97 Å². The molecule has 0 fully saturated rings. The number of carboxylic acids is 1. The first-order chi connectivity index (χ1) is 21.9. The van der Waals surface area contributed by atoms with Crippen molar-refractivity contribution in [3.8, 4) is 17.2 Å². The number of carbonyl (C=O) groups excluding carboxylic acids is 2. The molecule has 3 aliphatic heterocycles. The van der Waals surface area contributed by atoms with Crippen LogP contribution in [0.4, 0.5) is 0 Å². The van der Waals surface area contributed by atoms with Crippen LogP contribution in [0.1, 0.15) is 116 Å². The highest BCUT2D eigenvalue weighted by atomic mass is 16.6. The second-order valence-electron chi connectivity index (χ2n) is 14.6. The maximum Gasteiger partial charge on any atom is 0.330 e. The normalized spacial score (nSPS) is 27.6. The molecule has 4 rings (SSSR count). The van der Waals surface area contributed by atoms with Crippen molar-refractivity contribution < 1.29 is 38.8 Å². The van der Waals surface area contributed by atoms with Crippen LogP contribution in [0.5, 0.6) is 17.2 Å². The summed E-state index contributed by atoms with van der Waals surface area (Å²) in [7, 11) is 0. The van der Waals surface area contributed by atoms with Crippen molar-refractivity contribution in [2.45, 2.75) is 124 Å². The number of Topliss-reactive ketones (excluding diaryl/α,β-unsaturated/α-hetero) is 1. The molecule has 0 bridgehead atoms. The number of carboxylic acid groups (broad SMARTS) is 1. The number of aliphatic carboxylic acids is 1. The van der Waals surface area contributed by atoms with Gasteiger partial charge in [-0.15, -0.1) is 0 Å². The minimum atomic E-state index is -1.44. The third-order valence-electron chi connectivity index (χ3n) is 9.36. The smallest absolute Gasteiger partial charge is 0.330 e. The van der Waals surface area contributed by atoms with Crippen molar-refractivity contribution >= 4 is 24.1 Å². The average molecular weight is 647 g/mol. The van der Waals surface area contributed by atoms with E-state index in [0.717, 1.165) is 18.3 Å². The van der Waals surface area contributed by atoms with Crippen LogP contribution in [0, 0.1) is 5.92 Å². The van der Waals surface area contributed by atoms with E-state index < -0.39 is 40.6 Å². The molecular formula is C39H50O8. The first-order valence-corrected chi connectivity index (χ1v) is 16.5. The summed E-state index contributed by atoms with van der Waals surface area (Å²) in [6.07, 6.45) is 14.1. The SMILES string of the molecule is CC(C)=CCC[C@]1(C)C=Cc2c(O)c3c(c(CC=C(C)C)c2O1)OC1(C)/C(=C\C(C=O)CCC(C)(C)O[C@@H]1C/C=C(/C)C(=O)O)C3=O. The summed E-state index contributed by atoms with van der Waals surface area (Å²) in [5.41, 5.74) is 0.823. The van der Waals surface area contributed by atoms with Crippen LogP contribution in [0.3, 0.4) is 0 Å². The van der Waals surface area contributed by atoms with E-state index in [1.807, 2.05) is 52.8 Å². The van der Waals surface area contributed by atoms with Gasteiger partial charge in [-0.2, -0.15) is 0 Å². The number of aldehydes is 1. The predicted molar refractivity (Wildman–Crippen MR) is 183 cm³/mol. The van der Waals surface area contributed by atoms with Gasteiger partial charge in [0.25, 0.3) is 0 Å². The average Bonchev–Trinajstić information content (AvgIpc) is 3.01. The lowest BCUT2D eigenvalue weighted by Gasteiger charge is -2.45. The minimum Gasteiger partial charge on any atom is -0.506 e. The molecule has 8 heteroatoms. The molecule has 8 nitrogen and oxygen atoms in total. The summed E-state index contributed by atoms with van der Waals surface area (Å²) in [6, 6.07) is 0. The summed E-state index contributed by atoms with van der Waals surface area (Å²) in [5, 5.41) is 21.4. The second-order valence-corrected chi connectivity index (χ2v) is 14.6. The van der Waals surface area contributed by atoms with Crippen LogP contribution in [-0.2, 0) is 20.7 Å². The number of allylic oxidation sites excluding steroid dienone is 5. The van der Waals surface area contributed by atoms with Crippen LogP contribution in [0.25, 0.3) is 6.08 Å². The molecule has 1 aromatic rings. The highest BCUT2D eigenvalue weighted by Crippen LogP contribution is 2.54. The number of ether oxygens (including phenoxy) is 3. The van der Waals surface area contributed by atoms with Crippen molar-refractivity contribution in [1.82, 2.24) is 0 Å². The predicted octanol–water partition coefficient (Wildman–Crippen LogP) is 8.27. The van der Waals surface area contributed by atoms with E-state index in [1.54, 1.807) is 19.1 Å². The molecule has 0 saturated heterocycles. The topological polar surface area (TPSA) is 119 Å². The maximum atomic E-state index is 14.7. The molecular weight excluding hydrogens is 596 g/mol. The Balaban J connectivity index is 1.99. The Morgan fingerprint density at radius 3 is 2.30 bits per heavy atom. The zero-order chi connectivity index (χ0) is 34.9. The van der Waals surface area contributed by atoms with Crippen LogP contribution in [0.15, 0.2) is 52.7 Å². The fraction of sp³-hybridized carbons (Fsp3) is 0.513. The summed E-state index contributed by atoms with van der Waals surface area (Å²) in [4.78, 5) is 38.7. The molecule has 3 heterocycles. The Kier molecular flexibility index (Phi) is 10.5. The van der Waals surface area contributed by atoms with Gasteiger partial charge in [0.1, 0.15) is 40.8 Å². The highest BCUT2D eigenvalue weighted by molar-refractivity contribution is 6.16. The Labute approximate surface area is 278 Å². The van der Waals surface area contributed by atoms with E-state index in [9.17, 15) is 24.6 Å². The van der Waals surface area contributed by atoms with Crippen LogP contribution in [0.2, 0.25) is 0 Å². The molecule has 0 amide bonds. The maximum absolute atomic E-state index is 14.7. The van der Waals surface area contributed by atoms with Gasteiger partial charge in [0.05, 0.1) is 11.2 Å². The molecule has 0 spiro atoms. The molecule has 1 aromatic carbocycles. The van der Waals surface area contributed by atoms with Crippen molar-refractivity contribution in [3.05, 3.63) is 69.4 Å². The Morgan fingerprint density at radius 2 is 1.68 bits per heavy atom. The zero-order valence-electron chi connectivity index (χ0n) is 29.3. The van der Waals surface area contributed by atoms with Gasteiger partial charge in [-0.3, -0.25) is 4.79 Å². The van der Waals surface area contributed by atoms with Gasteiger partial charge in [0.15, 0.2) is 11.4 Å². The van der Waals surface area contributed by atoms with Gasteiger partial charge < -0.3 is 29.2 Å². The van der Waals surface area contributed by atoms with Gasteiger partial charge in [0.2, 0.25) is 0 Å². The third kappa shape index (κ3) is 7.64. The van der Waals surface area contributed by atoms with Crippen molar-refractivity contribution in [1.29, 1.82) is 0 Å². The summed E-state index contributed by atoms with van der Waals surface area (Å²) in [5.74, 6) is -1.69. The van der Waals surface area contributed by atoms with Crippen LogP contribution in [-0.4, -0.2) is 51.2 Å². The lowest BCUT2D eigenvalue weighted by atomic mass is 9.77. The van der Waals surface area contributed by atoms with Gasteiger partial charge in [-0.05, 0) is 113 Å². The Morgan fingerprint density at radius 1 is 1.00 bits per heavy atom. The van der Waals surface area contributed by atoms with Crippen molar-refractivity contribution in [2.75, 3.05) is 0 Å². The number of hydrogen-bond donors (Lipinski definition) is 2. The third-order valence-corrected chi connectivity index (χ3v) is 9.36. The molecule has 0 saturated carbocycles. The first kappa shape index (κ1) is 35.9. The molecule has 2 N–H and O–H groups in total. The van der Waals surface area contributed by atoms with Gasteiger partial charge in [-0.1, -0.05) is 35.5 Å². The fourth-order valence-corrected chi connectivity index (χ4v) is 6.39. The number of hydrogen-bond acceptors (Lipinski definition) is 7. The number of aromatic hydroxyl groups is 1. The van der Waals surface area contributed by atoms with Gasteiger partial charge in [0, 0.05) is 22.6 Å². The zero-order valence-corrected chi connectivity index (χ0v) is 29.3. The summed E-state index contributed by atoms with van der Waals surface area (Å²) in [6.45, 7) is 17.2. The molecule has 4 atom stereocenters. The van der Waals surface area contributed by atoms with E-state index >= 15 is 0 Å². The van der Waals surface area contributed by atoms with Crippen molar-refractivity contribution in [2.24, 2.45) is 5.92 Å². The molecule has 0 aliphatic carbocycles. The number of phenols is 1. The second kappa shape index (κ2) is 13.7. The lowest BCUT2D eigenvalue weighted by molar-refractivity contribution is -0.137. The Bertz CT molecular complexity index is 1590. The highest BCUT2D eigenvalue weighted by Gasteiger charge is 2.52. The molecule has 2 unspecified atom stereocenters. The number of fused-ring (bicyclic) bond motifs is 3. The van der Waals surface area contributed by atoms with Crippen LogP contribution >= 0.6 is 0 Å². The largest absolute Gasteiger partial charge is 0.506 e.